The second kappa shape index (κ2) is 7.70. The summed E-state index contributed by atoms with van der Waals surface area (Å²) in [4.78, 5) is 12.9. The van der Waals surface area contributed by atoms with Gasteiger partial charge in [-0.2, -0.15) is 0 Å². The van der Waals surface area contributed by atoms with Gasteiger partial charge in [-0.15, -0.1) is 11.8 Å². The molecular formula is C16H25NO2S. The number of carbonyl (C=O) groups is 1. The largest absolute Gasteiger partial charge is 0.465 e. The lowest BCUT2D eigenvalue weighted by atomic mass is 10.0. The van der Waals surface area contributed by atoms with E-state index in [-0.39, 0.29) is 5.97 Å². The van der Waals surface area contributed by atoms with Gasteiger partial charge in [-0.1, -0.05) is 26.0 Å². The van der Waals surface area contributed by atoms with Crippen molar-refractivity contribution >= 4 is 17.7 Å². The molecule has 0 aliphatic carbocycles. The number of nitrogens with two attached hydrogens (primary N) is 1. The Morgan fingerprint density at radius 3 is 2.45 bits per heavy atom. The van der Waals surface area contributed by atoms with Crippen molar-refractivity contribution in [3.63, 3.8) is 0 Å². The van der Waals surface area contributed by atoms with Crippen LogP contribution in [-0.4, -0.2) is 23.9 Å². The number of hydrogen-bond acceptors (Lipinski definition) is 4. The molecule has 3 nitrogen and oxygen atoms in total. The molecule has 0 aromatic heterocycles. The maximum atomic E-state index is 11.7. The molecule has 2 N–H and O–H groups in total. The lowest BCUT2D eigenvalue weighted by molar-refractivity contribution is -0.149. The van der Waals surface area contributed by atoms with Gasteiger partial charge in [-0.3, -0.25) is 4.79 Å². The predicted molar refractivity (Wildman–Crippen MR) is 85.1 cm³/mol. The number of thioether (sulfide) groups is 1. The quantitative estimate of drug-likeness (QED) is 0.617. The summed E-state index contributed by atoms with van der Waals surface area (Å²) >= 11 is 1.72. The molecule has 20 heavy (non-hydrogen) atoms. The van der Waals surface area contributed by atoms with Crippen LogP contribution in [0.1, 0.15) is 45.6 Å². The summed E-state index contributed by atoms with van der Waals surface area (Å²) in [6, 6.07) is 8.55. The Bertz CT molecular complexity index is 427. The number of carbonyl (C=O) groups excluding carboxylic acids is 1. The molecular weight excluding hydrogens is 270 g/mol. The number of rotatable bonds is 7. The molecule has 0 aliphatic rings. The molecule has 1 aromatic carbocycles. The van der Waals surface area contributed by atoms with Crippen LogP contribution in [0.25, 0.3) is 0 Å². The van der Waals surface area contributed by atoms with Gasteiger partial charge in [-0.25, -0.2) is 0 Å². The van der Waals surface area contributed by atoms with Crippen LogP contribution in [0.4, 0.5) is 0 Å². The van der Waals surface area contributed by atoms with Crippen molar-refractivity contribution in [3.8, 4) is 0 Å². The van der Waals surface area contributed by atoms with Gasteiger partial charge >= 0.3 is 5.97 Å². The van der Waals surface area contributed by atoms with Crippen molar-refractivity contribution < 1.29 is 9.53 Å². The zero-order chi connectivity index (χ0) is 15.2. The van der Waals surface area contributed by atoms with Crippen molar-refractivity contribution in [2.75, 3.05) is 12.4 Å². The summed E-state index contributed by atoms with van der Waals surface area (Å²) in [5.74, 6) is 1.02. The van der Waals surface area contributed by atoms with Gasteiger partial charge in [0, 0.05) is 10.6 Å². The monoisotopic (exact) mass is 295 g/mol. The third kappa shape index (κ3) is 5.17. The highest BCUT2D eigenvalue weighted by molar-refractivity contribution is 7.99. The van der Waals surface area contributed by atoms with E-state index in [1.54, 1.807) is 25.6 Å². The Morgan fingerprint density at radius 1 is 1.35 bits per heavy atom. The molecule has 1 rings (SSSR count). The number of benzene rings is 1. The van der Waals surface area contributed by atoms with Crippen LogP contribution >= 0.6 is 11.8 Å². The first-order chi connectivity index (χ1) is 9.36. The summed E-state index contributed by atoms with van der Waals surface area (Å²) in [6.45, 7) is 8.25. The summed E-state index contributed by atoms with van der Waals surface area (Å²) < 4.78 is 4.98. The van der Waals surface area contributed by atoms with Crippen molar-refractivity contribution in [1.29, 1.82) is 0 Å². The van der Waals surface area contributed by atoms with Gasteiger partial charge in [-0.05, 0) is 43.9 Å². The van der Waals surface area contributed by atoms with E-state index >= 15 is 0 Å². The van der Waals surface area contributed by atoms with Crippen LogP contribution in [0.3, 0.4) is 0 Å². The molecule has 0 bridgehead atoms. The molecule has 0 saturated heterocycles. The molecule has 0 radical (unpaired) electrons. The van der Waals surface area contributed by atoms with Gasteiger partial charge < -0.3 is 10.5 Å². The molecule has 4 heteroatoms. The normalized spacial score (nSPS) is 14.1. The highest BCUT2D eigenvalue weighted by atomic mass is 32.2. The molecule has 0 spiro atoms. The topological polar surface area (TPSA) is 52.3 Å². The SMILES string of the molecule is CCOC(=O)C(C)(N)CCSc1ccc(C(C)C)cc1. The average Bonchev–Trinajstić information content (AvgIpc) is 2.39. The molecule has 0 amide bonds. The number of ether oxygens (including phenoxy) is 1. The Labute approximate surface area is 126 Å². The molecule has 1 aromatic rings. The molecule has 0 aliphatic heterocycles. The first-order valence-corrected chi connectivity index (χ1v) is 8.04. The summed E-state index contributed by atoms with van der Waals surface area (Å²) in [7, 11) is 0. The van der Waals surface area contributed by atoms with E-state index in [1.807, 2.05) is 0 Å². The van der Waals surface area contributed by atoms with Crippen LogP contribution < -0.4 is 5.73 Å². The van der Waals surface area contributed by atoms with Crippen molar-refractivity contribution in [3.05, 3.63) is 29.8 Å². The van der Waals surface area contributed by atoms with E-state index in [1.165, 1.54) is 10.5 Å². The maximum Gasteiger partial charge on any atom is 0.325 e. The van der Waals surface area contributed by atoms with Crippen LogP contribution in [0.2, 0.25) is 0 Å². The molecule has 1 unspecified atom stereocenters. The zero-order valence-electron chi connectivity index (χ0n) is 12.8. The summed E-state index contributed by atoms with van der Waals surface area (Å²) in [5, 5.41) is 0. The predicted octanol–water partition coefficient (Wildman–Crippen LogP) is 3.57. The minimum Gasteiger partial charge on any atom is -0.465 e. The van der Waals surface area contributed by atoms with Gasteiger partial charge in [0.05, 0.1) is 6.61 Å². The highest BCUT2D eigenvalue weighted by Gasteiger charge is 2.29. The fourth-order valence-electron chi connectivity index (χ4n) is 1.73. The average molecular weight is 295 g/mol. The van der Waals surface area contributed by atoms with Crippen molar-refractivity contribution in [2.24, 2.45) is 5.73 Å². The van der Waals surface area contributed by atoms with E-state index in [4.69, 9.17) is 10.5 Å². The van der Waals surface area contributed by atoms with Crippen LogP contribution in [0, 0.1) is 0 Å². The lowest BCUT2D eigenvalue weighted by Gasteiger charge is -2.21. The third-order valence-corrected chi connectivity index (χ3v) is 4.19. The van der Waals surface area contributed by atoms with Crippen LogP contribution in [0.15, 0.2) is 29.2 Å². The van der Waals surface area contributed by atoms with Crippen LogP contribution in [-0.2, 0) is 9.53 Å². The Balaban J connectivity index is 2.45. The molecule has 0 fully saturated rings. The molecule has 1 atom stereocenters. The van der Waals surface area contributed by atoms with E-state index < -0.39 is 5.54 Å². The maximum absolute atomic E-state index is 11.7. The minimum absolute atomic E-state index is 0.323. The minimum atomic E-state index is -0.902. The van der Waals surface area contributed by atoms with Gasteiger partial charge in [0.15, 0.2) is 0 Å². The Morgan fingerprint density at radius 2 is 1.95 bits per heavy atom. The lowest BCUT2D eigenvalue weighted by Crippen LogP contribution is -2.46. The van der Waals surface area contributed by atoms with Gasteiger partial charge in [0.25, 0.3) is 0 Å². The fourth-order valence-corrected chi connectivity index (χ4v) is 2.82. The molecule has 0 saturated carbocycles. The summed E-state index contributed by atoms with van der Waals surface area (Å²) in [5.41, 5.74) is 6.42. The van der Waals surface area contributed by atoms with Crippen LogP contribution in [0.5, 0.6) is 0 Å². The highest BCUT2D eigenvalue weighted by Crippen LogP contribution is 2.24. The fraction of sp³-hybridized carbons (Fsp3) is 0.562. The first-order valence-electron chi connectivity index (χ1n) is 7.05. The smallest absolute Gasteiger partial charge is 0.325 e. The molecule has 0 heterocycles. The second-order valence-corrected chi connectivity index (χ2v) is 6.63. The third-order valence-electron chi connectivity index (χ3n) is 3.18. The van der Waals surface area contributed by atoms with Gasteiger partial charge in [0.2, 0.25) is 0 Å². The van der Waals surface area contributed by atoms with Gasteiger partial charge in [0.1, 0.15) is 5.54 Å². The van der Waals surface area contributed by atoms with Crippen molar-refractivity contribution in [1.82, 2.24) is 0 Å². The van der Waals surface area contributed by atoms with E-state index in [2.05, 4.69) is 38.1 Å². The Kier molecular flexibility index (Phi) is 6.56. The second-order valence-electron chi connectivity index (χ2n) is 5.46. The van der Waals surface area contributed by atoms with E-state index in [0.29, 0.717) is 18.9 Å². The summed E-state index contributed by atoms with van der Waals surface area (Å²) in [6.07, 6.45) is 0.600. The van der Waals surface area contributed by atoms with E-state index in [9.17, 15) is 4.79 Å². The Hall–Kier alpha value is -1.00. The zero-order valence-corrected chi connectivity index (χ0v) is 13.6. The molecule has 112 valence electrons. The standard InChI is InChI=1S/C16H25NO2S/c1-5-19-15(18)16(4,17)10-11-20-14-8-6-13(7-9-14)12(2)3/h6-9,12H,5,10-11,17H2,1-4H3. The first kappa shape index (κ1) is 17.1. The van der Waals surface area contributed by atoms with E-state index in [0.717, 1.165) is 5.75 Å². The number of hydrogen-bond donors (Lipinski definition) is 1. The number of esters is 1. The van der Waals surface area contributed by atoms with Crippen molar-refractivity contribution in [2.45, 2.75) is 50.5 Å².